The molecular formula is C18H27ClN2O2. The number of amides is 1. The first kappa shape index (κ1) is 18.1. The molecule has 0 bridgehead atoms. The van der Waals surface area contributed by atoms with Crippen molar-refractivity contribution in [3.05, 3.63) is 30.3 Å². The summed E-state index contributed by atoms with van der Waals surface area (Å²) in [6.07, 6.45) is 4.67. The van der Waals surface area contributed by atoms with Gasteiger partial charge in [0.2, 0.25) is 5.91 Å². The Kier molecular flexibility index (Phi) is 6.31. The summed E-state index contributed by atoms with van der Waals surface area (Å²) in [5.74, 6) is 1.68. The van der Waals surface area contributed by atoms with E-state index in [1.807, 2.05) is 42.3 Å². The molecule has 128 valence electrons. The van der Waals surface area contributed by atoms with Gasteiger partial charge in [-0.3, -0.25) is 4.79 Å². The van der Waals surface area contributed by atoms with Crippen molar-refractivity contribution in [3.8, 4) is 5.75 Å². The average Bonchev–Trinajstić information content (AvgIpc) is 3.00. The number of nitrogens with one attached hydrogen (secondary N) is 1. The Morgan fingerprint density at radius 2 is 2.13 bits per heavy atom. The molecule has 2 fully saturated rings. The maximum Gasteiger partial charge on any atom is 0.230 e. The molecule has 3 rings (SSSR count). The molecule has 1 aliphatic heterocycles. The summed E-state index contributed by atoms with van der Waals surface area (Å²) in [4.78, 5) is 14.8. The smallest absolute Gasteiger partial charge is 0.230 e. The lowest BCUT2D eigenvalue weighted by atomic mass is 9.67. The van der Waals surface area contributed by atoms with Crippen LogP contribution in [0.4, 0.5) is 0 Å². The van der Waals surface area contributed by atoms with Gasteiger partial charge in [0, 0.05) is 13.6 Å². The number of ether oxygens (including phenoxy) is 1. The predicted molar refractivity (Wildman–Crippen MR) is 94.1 cm³/mol. The van der Waals surface area contributed by atoms with Crippen molar-refractivity contribution in [3.63, 3.8) is 0 Å². The number of carbonyl (C=O) groups excluding carboxylic acids is 1. The van der Waals surface area contributed by atoms with Crippen LogP contribution in [0.15, 0.2) is 30.3 Å². The van der Waals surface area contributed by atoms with Crippen molar-refractivity contribution in [1.29, 1.82) is 0 Å². The summed E-state index contributed by atoms with van der Waals surface area (Å²) in [5.41, 5.74) is -0.153. The Bertz CT molecular complexity index is 511. The first-order valence-corrected chi connectivity index (χ1v) is 8.36. The van der Waals surface area contributed by atoms with Crippen LogP contribution >= 0.6 is 12.4 Å². The number of nitrogens with zero attached hydrogens (tertiary/aromatic N) is 1. The summed E-state index contributed by atoms with van der Waals surface area (Å²) in [6.45, 7) is 3.03. The Morgan fingerprint density at radius 1 is 1.35 bits per heavy atom. The molecule has 23 heavy (non-hydrogen) atoms. The Balaban J connectivity index is 0.00000192. The number of hydrogen-bond donors (Lipinski definition) is 1. The van der Waals surface area contributed by atoms with E-state index in [0.29, 0.717) is 25.0 Å². The van der Waals surface area contributed by atoms with Crippen LogP contribution in [0.5, 0.6) is 5.75 Å². The van der Waals surface area contributed by atoms with Crippen LogP contribution < -0.4 is 10.1 Å². The van der Waals surface area contributed by atoms with Gasteiger partial charge >= 0.3 is 0 Å². The molecule has 1 heterocycles. The quantitative estimate of drug-likeness (QED) is 0.897. The van der Waals surface area contributed by atoms with Crippen molar-refractivity contribution in [1.82, 2.24) is 10.2 Å². The SMILES string of the molecule is CN(CCOc1ccccc1)C(=O)[C@@]12CCCC[C@H]1CNC2.Cl. The first-order chi connectivity index (χ1) is 10.7. The first-order valence-electron chi connectivity index (χ1n) is 8.36. The average molecular weight is 339 g/mol. The highest BCUT2D eigenvalue weighted by Gasteiger charge is 2.50. The van der Waals surface area contributed by atoms with Crippen molar-refractivity contribution >= 4 is 18.3 Å². The lowest BCUT2D eigenvalue weighted by Crippen LogP contribution is -2.49. The van der Waals surface area contributed by atoms with E-state index >= 15 is 0 Å². The van der Waals surface area contributed by atoms with Crippen LogP contribution in [0.3, 0.4) is 0 Å². The summed E-state index contributed by atoms with van der Waals surface area (Å²) in [6, 6.07) is 9.77. The van der Waals surface area contributed by atoms with Gasteiger partial charge in [0.05, 0.1) is 12.0 Å². The second kappa shape index (κ2) is 8.02. The van der Waals surface area contributed by atoms with Crippen molar-refractivity contribution in [2.75, 3.05) is 33.3 Å². The number of carbonyl (C=O) groups is 1. The lowest BCUT2D eigenvalue weighted by molar-refractivity contribution is -0.144. The van der Waals surface area contributed by atoms with Crippen LogP contribution in [0, 0.1) is 11.3 Å². The number of hydrogen-bond acceptors (Lipinski definition) is 3. The number of fused-ring (bicyclic) bond motifs is 1. The van der Waals surface area contributed by atoms with E-state index in [1.54, 1.807) is 0 Å². The molecule has 4 nitrogen and oxygen atoms in total. The van der Waals surface area contributed by atoms with Gasteiger partial charge in [-0.05, 0) is 37.4 Å². The minimum Gasteiger partial charge on any atom is -0.492 e. The van der Waals surface area contributed by atoms with Gasteiger partial charge < -0.3 is 15.0 Å². The maximum atomic E-state index is 13.0. The molecule has 5 heteroatoms. The van der Waals surface area contributed by atoms with E-state index in [4.69, 9.17) is 4.74 Å². The third-order valence-electron chi connectivity index (χ3n) is 5.25. The summed E-state index contributed by atoms with van der Waals surface area (Å²) >= 11 is 0. The largest absolute Gasteiger partial charge is 0.492 e. The molecule has 1 saturated heterocycles. The fourth-order valence-corrected chi connectivity index (χ4v) is 3.97. The topological polar surface area (TPSA) is 41.6 Å². The molecule has 1 aromatic carbocycles. The van der Waals surface area contributed by atoms with Crippen LogP contribution in [0.25, 0.3) is 0 Å². The van der Waals surface area contributed by atoms with Crippen LogP contribution in [0.1, 0.15) is 25.7 Å². The van der Waals surface area contributed by atoms with Crippen LogP contribution in [-0.2, 0) is 4.79 Å². The standard InChI is InChI=1S/C18H26N2O2.ClH/c1-20(11-12-22-16-8-3-2-4-9-16)17(21)18-10-6-5-7-15(18)13-19-14-18;/h2-4,8-9,15,19H,5-7,10-14H2,1H3;1H/t15-,18+;/m0./s1. The number of para-hydroxylation sites is 1. The summed E-state index contributed by atoms with van der Waals surface area (Å²) < 4.78 is 5.71. The molecule has 1 amide bonds. The predicted octanol–water partition coefficient (Wildman–Crippen LogP) is 2.73. The third-order valence-corrected chi connectivity index (χ3v) is 5.25. The Hall–Kier alpha value is -1.26. The molecule has 0 radical (unpaired) electrons. The van der Waals surface area contributed by atoms with Gasteiger partial charge in [-0.15, -0.1) is 12.4 Å². The monoisotopic (exact) mass is 338 g/mol. The molecule has 1 aliphatic carbocycles. The number of halogens is 1. The lowest BCUT2D eigenvalue weighted by Gasteiger charge is -2.39. The van der Waals surface area contributed by atoms with Gasteiger partial charge in [-0.25, -0.2) is 0 Å². The van der Waals surface area contributed by atoms with E-state index < -0.39 is 0 Å². The molecule has 0 unspecified atom stereocenters. The maximum absolute atomic E-state index is 13.0. The number of likely N-dealkylation sites (N-methyl/N-ethyl adjacent to an activating group) is 1. The summed E-state index contributed by atoms with van der Waals surface area (Å²) in [5, 5.41) is 3.44. The molecule has 2 aliphatic rings. The van der Waals surface area contributed by atoms with Gasteiger partial charge in [0.15, 0.2) is 0 Å². The number of rotatable bonds is 5. The molecule has 2 atom stereocenters. The molecule has 1 saturated carbocycles. The zero-order valence-corrected chi connectivity index (χ0v) is 14.6. The highest BCUT2D eigenvalue weighted by Crippen LogP contribution is 2.44. The van der Waals surface area contributed by atoms with E-state index in [-0.39, 0.29) is 17.8 Å². The molecule has 1 aromatic rings. The van der Waals surface area contributed by atoms with Crippen LogP contribution in [-0.4, -0.2) is 44.1 Å². The van der Waals surface area contributed by atoms with Crippen LogP contribution in [0.2, 0.25) is 0 Å². The molecule has 1 N–H and O–H groups in total. The molecular weight excluding hydrogens is 312 g/mol. The third kappa shape index (κ3) is 3.81. The zero-order chi connectivity index (χ0) is 15.4. The Labute approximate surface area is 145 Å². The van der Waals surface area contributed by atoms with E-state index in [9.17, 15) is 4.79 Å². The fourth-order valence-electron chi connectivity index (χ4n) is 3.97. The normalized spacial score (nSPS) is 26.0. The van der Waals surface area contributed by atoms with Gasteiger partial charge in [0.25, 0.3) is 0 Å². The minimum atomic E-state index is -0.153. The van der Waals surface area contributed by atoms with E-state index in [0.717, 1.165) is 25.3 Å². The minimum absolute atomic E-state index is 0. The van der Waals surface area contributed by atoms with Crippen molar-refractivity contribution in [2.45, 2.75) is 25.7 Å². The second-order valence-corrected chi connectivity index (χ2v) is 6.62. The van der Waals surface area contributed by atoms with Gasteiger partial charge in [-0.1, -0.05) is 31.0 Å². The Morgan fingerprint density at radius 3 is 2.91 bits per heavy atom. The fraction of sp³-hybridized carbons (Fsp3) is 0.611. The summed E-state index contributed by atoms with van der Waals surface area (Å²) in [7, 11) is 1.91. The molecule has 0 spiro atoms. The number of benzene rings is 1. The van der Waals surface area contributed by atoms with Gasteiger partial charge in [-0.2, -0.15) is 0 Å². The zero-order valence-electron chi connectivity index (χ0n) is 13.8. The molecule has 0 aromatic heterocycles. The van der Waals surface area contributed by atoms with Crippen molar-refractivity contribution in [2.24, 2.45) is 11.3 Å². The highest BCUT2D eigenvalue weighted by molar-refractivity contribution is 5.85. The van der Waals surface area contributed by atoms with Gasteiger partial charge in [0.1, 0.15) is 12.4 Å². The van der Waals surface area contributed by atoms with E-state index in [1.165, 1.54) is 19.3 Å². The second-order valence-electron chi connectivity index (χ2n) is 6.62. The van der Waals surface area contributed by atoms with Crippen molar-refractivity contribution < 1.29 is 9.53 Å². The highest BCUT2D eigenvalue weighted by atomic mass is 35.5. The van der Waals surface area contributed by atoms with E-state index in [2.05, 4.69) is 5.32 Å².